The van der Waals surface area contributed by atoms with Crippen LogP contribution in [0.15, 0.2) is 40.9 Å². The quantitative estimate of drug-likeness (QED) is 0.805. The van der Waals surface area contributed by atoms with Crippen LogP contribution in [0.4, 0.5) is 17.1 Å². The summed E-state index contributed by atoms with van der Waals surface area (Å²) in [4.78, 5) is 0. The molecule has 0 aliphatic rings. The largest absolute Gasteiger partial charge is 0.398 e. The van der Waals surface area contributed by atoms with Crippen LogP contribution in [0.25, 0.3) is 0 Å². The number of nitrogens with two attached hydrogens (primary N) is 1. The van der Waals surface area contributed by atoms with Gasteiger partial charge in [-0.25, -0.2) is 0 Å². The maximum atomic E-state index is 5.88. The molecule has 0 bridgehead atoms. The van der Waals surface area contributed by atoms with Gasteiger partial charge in [-0.3, -0.25) is 0 Å². The zero-order valence-electron chi connectivity index (χ0n) is 9.92. The van der Waals surface area contributed by atoms with E-state index in [0.717, 1.165) is 27.1 Å². The lowest BCUT2D eigenvalue weighted by Gasteiger charge is -2.12. The van der Waals surface area contributed by atoms with Gasteiger partial charge in [-0.05, 0) is 55.3 Å². The molecule has 0 aliphatic heterocycles. The van der Waals surface area contributed by atoms with Crippen molar-refractivity contribution >= 4 is 33.0 Å². The third-order valence-corrected chi connectivity index (χ3v) is 3.15. The Morgan fingerprint density at radius 3 is 2.59 bits per heavy atom. The van der Waals surface area contributed by atoms with Crippen molar-refractivity contribution in [2.24, 2.45) is 0 Å². The number of benzene rings is 2. The summed E-state index contributed by atoms with van der Waals surface area (Å²) >= 11 is 3.49. The molecule has 0 atom stereocenters. The van der Waals surface area contributed by atoms with E-state index in [4.69, 9.17) is 5.73 Å². The maximum absolute atomic E-state index is 5.88. The lowest BCUT2D eigenvalue weighted by molar-refractivity contribution is 1.40. The molecule has 17 heavy (non-hydrogen) atoms. The Labute approximate surface area is 110 Å². The highest BCUT2D eigenvalue weighted by atomic mass is 79.9. The summed E-state index contributed by atoms with van der Waals surface area (Å²) in [5, 5.41) is 3.38. The maximum Gasteiger partial charge on any atom is 0.0434 e. The van der Waals surface area contributed by atoms with Crippen LogP contribution in [0.3, 0.4) is 0 Å². The van der Waals surface area contributed by atoms with E-state index in [1.807, 2.05) is 25.1 Å². The summed E-state index contributed by atoms with van der Waals surface area (Å²) in [7, 11) is 0. The number of nitrogen functional groups attached to an aromatic ring is 1. The predicted octanol–water partition coefficient (Wildman–Crippen LogP) is 4.39. The SMILES string of the molecule is Cc1cc(Br)cc(Nc2cccc(N)c2C)c1. The minimum atomic E-state index is 0.807. The van der Waals surface area contributed by atoms with Gasteiger partial charge in [0.1, 0.15) is 0 Å². The van der Waals surface area contributed by atoms with Crippen LogP contribution in [0.5, 0.6) is 0 Å². The Balaban J connectivity index is 2.34. The number of aryl methyl sites for hydroxylation is 1. The van der Waals surface area contributed by atoms with Gasteiger partial charge in [0, 0.05) is 21.5 Å². The third kappa shape index (κ3) is 2.80. The molecule has 2 aromatic rings. The fourth-order valence-electron chi connectivity index (χ4n) is 1.75. The van der Waals surface area contributed by atoms with Crippen LogP contribution in [-0.4, -0.2) is 0 Å². The van der Waals surface area contributed by atoms with Crippen molar-refractivity contribution in [1.29, 1.82) is 0 Å². The highest BCUT2D eigenvalue weighted by Crippen LogP contribution is 2.26. The molecule has 0 spiro atoms. The Morgan fingerprint density at radius 2 is 1.88 bits per heavy atom. The molecule has 0 amide bonds. The molecule has 0 saturated carbocycles. The molecule has 2 rings (SSSR count). The lowest BCUT2D eigenvalue weighted by atomic mass is 10.1. The Kier molecular flexibility index (Phi) is 3.38. The molecule has 0 aromatic heterocycles. The highest BCUT2D eigenvalue weighted by molar-refractivity contribution is 9.10. The van der Waals surface area contributed by atoms with Gasteiger partial charge >= 0.3 is 0 Å². The monoisotopic (exact) mass is 290 g/mol. The van der Waals surface area contributed by atoms with E-state index in [0.29, 0.717) is 0 Å². The first-order valence-corrected chi connectivity index (χ1v) is 6.25. The minimum absolute atomic E-state index is 0.807. The average Bonchev–Trinajstić information content (AvgIpc) is 2.23. The zero-order chi connectivity index (χ0) is 12.4. The number of rotatable bonds is 2. The average molecular weight is 291 g/mol. The van der Waals surface area contributed by atoms with Crippen molar-refractivity contribution in [2.75, 3.05) is 11.1 Å². The van der Waals surface area contributed by atoms with Gasteiger partial charge in [-0.2, -0.15) is 0 Å². The van der Waals surface area contributed by atoms with E-state index in [9.17, 15) is 0 Å². The topological polar surface area (TPSA) is 38.0 Å². The number of hydrogen-bond donors (Lipinski definition) is 2. The summed E-state index contributed by atoms with van der Waals surface area (Å²) in [5.74, 6) is 0. The molecule has 0 heterocycles. The fraction of sp³-hybridized carbons (Fsp3) is 0.143. The third-order valence-electron chi connectivity index (χ3n) is 2.70. The van der Waals surface area contributed by atoms with Gasteiger partial charge in [-0.1, -0.05) is 22.0 Å². The van der Waals surface area contributed by atoms with Crippen molar-refractivity contribution < 1.29 is 0 Å². The van der Waals surface area contributed by atoms with Crippen molar-refractivity contribution in [1.82, 2.24) is 0 Å². The first-order chi connectivity index (χ1) is 8.06. The fourth-order valence-corrected chi connectivity index (χ4v) is 2.36. The van der Waals surface area contributed by atoms with Crippen LogP contribution in [0.1, 0.15) is 11.1 Å². The van der Waals surface area contributed by atoms with Crippen molar-refractivity contribution in [3.63, 3.8) is 0 Å². The van der Waals surface area contributed by atoms with E-state index in [2.05, 4.69) is 46.4 Å². The first kappa shape index (κ1) is 12.0. The van der Waals surface area contributed by atoms with Crippen molar-refractivity contribution in [2.45, 2.75) is 13.8 Å². The van der Waals surface area contributed by atoms with Gasteiger partial charge in [-0.15, -0.1) is 0 Å². The lowest BCUT2D eigenvalue weighted by Crippen LogP contribution is -1.97. The standard InChI is InChI=1S/C14H15BrN2/c1-9-6-11(15)8-12(7-9)17-14-5-3-4-13(16)10(14)2/h3-8,17H,16H2,1-2H3. The molecule has 3 heteroatoms. The summed E-state index contributed by atoms with van der Waals surface area (Å²) in [6, 6.07) is 12.1. The van der Waals surface area contributed by atoms with Gasteiger partial charge in [0.25, 0.3) is 0 Å². The van der Waals surface area contributed by atoms with Gasteiger partial charge in [0.05, 0.1) is 0 Å². The second-order valence-corrected chi connectivity index (χ2v) is 5.08. The Bertz CT molecular complexity index is 530. The summed E-state index contributed by atoms with van der Waals surface area (Å²) in [5.41, 5.74) is 11.1. The van der Waals surface area contributed by atoms with Crippen LogP contribution in [0, 0.1) is 13.8 Å². The smallest absolute Gasteiger partial charge is 0.0434 e. The molecule has 0 aliphatic carbocycles. The van der Waals surface area contributed by atoms with Gasteiger partial charge < -0.3 is 11.1 Å². The second-order valence-electron chi connectivity index (χ2n) is 4.16. The van der Waals surface area contributed by atoms with E-state index >= 15 is 0 Å². The summed E-state index contributed by atoms with van der Waals surface area (Å²) < 4.78 is 1.07. The Hall–Kier alpha value is -1.48. The van der Waals surface area contributed by atoms with Gasteiger partial charge in [0.2, 0.25) is 0 Å². The normalized spacial score (nSPS) is 10.3. The predicted molar refractivity (Wildman–Crippen MR) is 77.8 cm³/mol. The molecular weight excluding hydrogens is 276 g/mol. The summed E-state index contributed by atoms with van der Waals surface area (Å²) in [6.45, 7) is 4.09. The van der Waals surface area contributed by atoms with E-state index in [1.54, 1.807) is 0 Å². The van der Waals surface area contributed by atoms with Crippen molar-refractivity contribution in [3.8, 4) is 0 Å². The summed E-state index contributed by atoms with van der Waals surface area (Å²) in [6.07, 6.45) is 0. The molecule has 88 valence electrons. The molecule has 2 aromatic carbocycles. The molecule has 0 saturated heterocycles. The van der Waals surface area contributed by atoms with Crippen LogP contribution in [0.2, 0.25) is 0 Å². The van der Waals surface area contributed by atoms with Crippen LogP contribution in [-0.2, 0) is 0 Å². The number of anilines is 3. The molecule has 2 nitrogen and oxygen atoms in total. The molecule has 0 fully saturated rings. The molecule has 3 N–H and O–H groups in total. The van der Waals surface area contributed by atoms with E-state index in [1.165, 1.54) is 5.56 Å². The molecular formula is C14H15BrN2. The number of hydrogen-bond acceptors (Lipinski definition) is 2. The number of halogens is 1. The first-order valence-electron chi connectivity index (χ1n) is 5.45. The zero-order valence-corrected chi connectivity index (χ0v) is 11.5. The van der Waals surface area contributed by atoms with Crippen molar-refractivity contribution in [3.05, 3.63) is 52.0 Å². The minimum Gasteiger partial charge on any atom is -0.398 e. The molecule has 0 unspecified atom stereocenters. The molecule has 0 radical (unpaired) electrons. The highest BCUT2D eigenvalue weighted by Gasteiger charge is 2.02. The van der Waals surface area contributed by atoms with Crippen LogP contribution < -0.4 is 11.1 Å². The second kappa shape index (κ2) is 4.80. The Morgan fingerprint density at radius 1 is 1.12 bits per heavy atom. The number of nitrogens with one attached hydrogen (secondary N) is 1. The van der Waals surface area contributed by atoms with Crippen LogP contribution >= 0.6 is 15.9 Å². The van der Waals surface area contributed by atoms with E-state index in [-0.39, 0.29) is 0 Å². The van der Waals surface area contributed by atoms with E-state index < -0.39 is 0 Å². The van der Waals surface area contributed by atoms with Gasteiger partial charge in [0.15, 0.2) is 0 Å².